The van der Waals surface area contributed by atoms with Crippen LogP contribution in [0.3, 0.4) is 0 Å². The lowest BCUT2D eigenvalue weighted by Crippen LogP contribution is -2.33. The quantitative estimate of drug-likeness (QED) is 0.706. The van der Waals surface area contributed by atoms with Gasteiger partial charge in [-0.3, -0.25) is 9.69 Å². The van der Waals surface area contributed by atoms with Gasteiger partial charge in [0.25, 0.3) is 0 Å². The number of hydrogen-bond donors (Lipinski definition) is 2. The van der Waals surface area contributed by atoms with Crippen LogP contribution in [0.1, 0.15) is 18.2 Å². The lowest BCUT2D eigenvalue weighted by atomic mass is 10.2. The summed E-state index contributed by atoms with van der Waals surface area (Å²) >= 11 is 1.32. The first kappa shape index (κ1) is 21.2. The zero-order chi connectivity index (χ0) is 17.7. The fraction of sp³-hybridized carbons (Fsp3) is 0.333. The molecule has 3 N–H and O–H groups in total. The second-order valence-electron chi connectivity index (χ2n) is 5.15. The van der Waals surface area contributed by atoms with Crippen molar-refractivity contribution in [2.75, 3.05) is 24.1 Å². The van der Waals surface area contributed by atoms with Crippen LogP contribution in [0, 0.1) is 17.5 Å². The van der Waals surface area contributed by atoms with Gasteiger partial charge < -0.3 is 11.1 Å². The predicted octanol–water partition coefficient (Wildman–Crippen LogP) is 3.42. The lowest BCUT2D eigenvalue weighted by molar-refractivity contribution is -0.117. The van der Waals surface area contributed by atoms with E-state index in [1.165, 1.54) is 11.3 Å². The van der Waals surface area contributed by atoms with Crippen molar-refractivity contribution in [3.05, 3.63) is 40.7 Å². The summed E-state index contributed by atoms with van der Waals surface area (Å²) in [7, 11) is 0. The molecule has 5 nitrogen and oxygen atoms in total. The van der Waals surface area contributed by atoms with Gasteiger partial charge in [-0.05, 0) is 25.1 Å². The average molecular weight is 395 g/mol. The van der Waals surface area contributed by atoms with Gasteiger partial charge in [-0.2, -0.15) is 0 Å². The summed E-state index contributed by atoms with van der Waals surface area (Å²) in [6, 6.07) is 1.75. The highest BCUT2D eigenvalue weighted by atomic mass is 35.5. The largest absolute Gasteiger partial charge is 0.375 e. The minimum atomic E-state index is -1.61. The third-order valence-electron chi connectivity index (χ3n) is 3.17. The second kappa shape index (κ2) is 9.59. The van der Waals surface area contributed by atoms with E-state index < -0.39 is 29.0 Å². The van der Waals surface area contributed by atoms with Crippen molar-refractivity contribution < 1.29 is 18.0 Å². The summed E-state index contributed by atoms with van der Waals surface area (Å²) in [5, 5.41) is 2.70. The zero-order valence-electron chi connectivity index (χ0n) is 13.4. The SMILES string of the molecule is CCCN(CC(=O)Nc1ccc(F)c(F)c1F)Cc1cnc(N)s1.Cl. The van der Waals surface area contributed by atoms with E-state index in [9.17, 15) is 18.0 Å². The Morgan fingerprint density at radius 2 is 2.04 bits per heavy atom. The number of amides is 1. The Labute approximate surface area is 153 Å². The molecule has 0 aliphatic rings. The molecule has 1 heterocycles. The number of carbonyl (C=O) groups is 1. The van der Waals surface area contributed by atoms with Crippen LogP contribution in [0.25, 0.3) is 0 Å². The van der Waals surface area contributed by atoms with Gasteiger partial charge in [0.05, 0.1) is 12.2 Å². The normalized spacial score (nSPS) is 10.6. The molecule has 2 aromatic rings. The molecular formula is C15H18ClF3N4OS. The molecule has 0 fully saturated rings. The molecule has 0 unspecified atom stereocenters. The number of nitrogens with zero attached hydrogens (tertiary/aromatic N) is 2. The second-order valence-corrected chi connectivity index (χ2v) is 6.29. The maximum Gasteiger partial charge on any atom is 0.238 e. The Kier molecular flexibility index (Phi) is 8.14. The maximum absolute atomic E-state index is 13.6. The summed E-state index contributed by atoms with van der Waals surface area (Å²) in [5.74, 6) is -4.86. The predicted molar refractivity (Wildman–Crippen MR) is 94.3 cm³/mol. The molecular weight excluding hydrogens is 377 g/mol. The maximum atomic E-state index is 13.6. The number of hydrogen-bond acceptors (Lipinski definition) is 5. The minimum Gasteiger partial charge on any atom is -0.375 e. The van der Waals surface area contributed by atoms with Crippen LogP contribution in [-0.2, 0) is 11.3 Å². The summed E-state index contributed by atoms with van der Waals surface area (Å²) in [5.41, 5.74) is 5.19. The number of anilines is 2. The van der Waals surface area contributed by atoms with Gasteiger partial charge in [-0.25, -0.2) is 18.2 Å². The van der Waals surface area contributed by atoms with Crippen LogP contribution in [0.2, 0.25) is 0 Å². The van der Waals surface area contributed by atoms with E-state index in [0.717, 1.165) is 23.4 Å². The summed E-state index contributed by atoms with van der Waals surface area (Å²) in [6.45, 7) is 3.03. The molecule has 2 rings (SSSR count). The summed E-state index contributed by atoms with van der Waals surface area (Å²) < 4.78 is 39.7. The molecule has 138 valence electrons. The van der Waals surface area contributed by atoms with E-state index >= 15 is 0 Å². The van der Waals surface area contributed by atoms with E-state index in [1.807, 2.05) is 11.8 Å². The number of carbonyl (C=O) groups excluding carboxylic acids is 1. The zero-order valence-corrected chi connectivity index (χ0v) is 15.0. The Bertz CT molecular complexity index is 729. The van der Waals surface area contributed by atoms with Gasteiger partial charge in [-0.1, -0.05) is 6.92 Å². The lowest BCUT2D eigenvalue weighted by Gasteiger charge is -2.20. The van der Waals surface area contributed by atoms with Gasteiger partial charge in [0.15, 0.2) is 22.6 Å². The fourth-order valence-electron chi connectivity index (χ4n) is 2.16. The van der Waals surface area contributed by atoms with Crippen molar-refractivity contribution in [1.29, 1.82) is 0 Å². The first-order chi connectivity index (χ1) is 11.4. The number of rotatable bonds is 7. The molecule has 0 aliphatic carbocycles. The van der Waals surface area contributed by atoms with Crippen molar-refractivity contribution in [2.45, 2.75) is 19.9 Å². The van der Waals surface area contributed by atoms with E-state index in [2.05, 4.69) is 10.3 Å². The molecule has 1 aromatic carbocycles. The first-order valence-corrected chi connectivity index (χ1v) is 8.08. The smallest absolute Gasteiger partial charge is 0.238 e. The highest BCUT2D eigenvalue weighted by Gasteiger charge is 2.17. The van der Waals surface area contributed by atoms with Crippen LogP contribution < -0.4 is 11.1 Å². The average Bonchev–Trinajstić information content (AvgIpc) is 2.93. The third kappa shape index (κ3) is 5.87. The highest BCUT2D eigenvalue weighted by Crippen LogP contribution is 2.20. The number of thiazole rings is 1. The third-order valence-corrected chi connectivity index (χ3v) is 3.98. The molecule has 1 aromatic heterocycles. The minimum absolute atomic E-state index is 0. The van der Waals surface area contributed by atoms with Crippen LogP contribution >= 0.6 is 23.7 Å². The van der Waals surface area contributed by atoms with Crippen molar-refractivity contribution in [1.82, 2.24) is 9.88 Å². The fourth-order valence-corrected chi connectivity index (χ4v) is 2.89. The van der Waals surface area contributed by atoms with Crippen LogP contribution in [0.15, 0.2) is 18.3 Å². The van der Waals surface area contributed by atoms with Crippen molar-refractivity contribution in [3.8, 4) is 0 Å². The van der Waals surface area contributed by atoms with Gasteiger partial charge in [0.2, 0.25) is 5.91 Å². The summed E-state index contributed by atoms with van der Waals surface area (Å²) in [6.07, 6.45) is 2.44. The van der Waals surface area contributed by atoms with E-state index in [-0.39, 0.29) is 19.0 Å². The summed E-state index contributed by atoms with van der Waals surface area (Å²) in [4.78, 5) is 18.7. The molecule has 0 aliphatic heterocycles. The van der Waals surface area contributed by atoms with E-state index in [4.69, 9.17) is 5.73 Å². The first-order valence-electron chi connectivity index (χ1n) is 7.26. The standard InChI is InChI=1S/C15H17F3N4OS.ClH/c1-2-5-22(7-9-6-20-15(19)24-9)8-12(23)21-11-4-3-10(16)13(17)14(11)18;/h3-4,6H,2,5,7-8H2,1H3,(H2,19,20)(H,21,23);1H. The highest BCUT2D eigenvalue weighted by molar-refractivity contribution is 7.15. The van der Waals surface area contributed by atoms with Gasteiger partial charge in [0, 0.05) is 17.6 Å². The monoisotopic (exact) mass is 394 g/mol. The molecule has 0 saturated carbocycles. The van der Waals surface area contributed by atoms with Crippen LogP contribution in [-0.4, -0.2) is 28.9 Å². The molecule has 0 spiro atoms. The molecule has 25 heavy (non-hydrogen) atoms. The Balaban J connectivity index is 0.00000312. The Morgan fingerprint density at radius 3 is 2.64 bits per heavy atom. The molecule has 0 saturated heterocycles. The molecule has 0 radical (unpaired) electrons. The number of nitrogen functional groups attached to an aromatic ring is 1. The Morgan fingerprint density at radius 1 is 1.32 bits per heavy atom. The van der Waals surface area contributed by atoms with Crippen LogP contribution in [0.4, 0.5) is 24.0 Å². The van der Waals surface area contributed by atoms with Gasteiger partial charge in [0.1, 0.15) is 0 Å². The number of nitrogens with one attached hydrogen (secondary N) is 1. The van der Waals surface area contributed by atoms with Crippen molar-refractivity contribution in [2.24, 2.45) is 0 Å². The van der Waals surface area contributed by atoms with Crippen molar-refractivity contribution in [3.63, 3.8) is 0 Å². The molecule has 0 atom stereocenters. The number of halogens is 4. The molecule has 10 heteroatoms. The van der Waals surface area contributed by atoms with Gasteiger partial charge >= 0.3 is 0 Å². The molecule has 0 bridgehead atoms. The van der Waals surface area contributed by atoms with Crippen molar-refractivity contribution >= 4 is 40.5 Å². The van der Waals surface area contributed by atoms with Gasteiger partial charge in [-0.15, -0.1) is 23.7 Å². The molecule has 1 amide bonds. The van der Waals surface area contributed by atoms with Crippen LogP contribution in [0.5, 0.6) is 0 Å². The number of aromatic nitrogens is 1. The Hall–Kier alpha value is -1.84. The number of nitrogens with two attached hydrogens (primary N) is 1. The van der Waals surface area contributed by atoms with E-state index in [1.54, 1.807) is 6.20 Å². The van der Waals surface area contributed by atoms with E-state index in [0.29, 0.717) is 18.2 Å². The number of benzene rings is 1. The topological polar surface area (TPSA) is 71.2 Å².